The lowest BCUT2D eigenvalue weighted by atomic mass is 10.1. The summed E-state index contributed by atoms with van der Waals surface area (Å²) in [5.74, 6) is 4.94. The van der Waals surface area contributed by atoms with Crippen LogP contribution < -0.4 is 10.6 Å². The lowest BCUT2D eigenvalue weighted by Crippen LogP contribution is -2.24. The zero-order chi connectivity index (χ0) is 14.1. The van der Waals surface area contributed by atoms with Gasteiger partial charge < -0.3 is 4.84 Å². The fourth-order valence-corrected chi connectivity index (χ4v) is 2.74. The van der Waals surface area contributed by atoms with Crippen LogP contribution in [-0.4, -0.2) is 21.6 Å². The van der Waals surface area contributed by atoms with E-state index in [-0.39, 0.29) is 0 Å². The molecule has 0 spiro atoms. The van der Waals surface area contributed by atoms with E-state index < -0.39 is 10.0 Å². The molecule has 0 atom stereocenters. The Kier molecular flexibility index (Phi) is 7.01. The van der Waals surface area contributed by atoms with E-state index in [4.69, 9.17) is 5.90 Å². The number of aryl methyl sites for hydroxylation is 1. The monoisotopic (exact) mass is 286 g/mol. The van der Waals surface area contributed by atoms with Crippen LogP contribution in [0.1, 0.15) is 31.7 Å². The predicted molar refractivity (Wildman–Crippen MR) is 75.0 cm³/mol. The molecule has 0 unspecified atom stereocenters. The van der Waals surface area contributed by atoms with Crippen LogP contribution in [0.5, 0.6) is 0 Å². The van der Waals surface area contributed by atoms with Gasteiger partial charge in [0.1, 0.15) is 0 Å². The first-order chi connectivity index (χ1) is 9.10. The molecule has 0 radical (unpaired) electrons. The van der Waals surface area contributed by atoms with Gasteiger partial charge in [0.2, 0.25) is 10.0 Å². The zero-order valence-electron chi connectivity index (χ0n) is 11.3. The molecule has 108 valence electrons. The Hall–Kier alpha value is -0.950. The highest BCUT2D eigenvalue weighted by Crippen LogP contribution is 2.11. The Morgan fingerprint density at radius 1 is 1.21 bits per heavy atom. The zero-order valence-corrected chi connectivity index (χ0v) is 12.1. The minimum absolute atomic E-state index is 0.308. The van der Waals surface area contributed by atoms with Crippen molar-refractivity contribution in [2.45, 2.75) is 37.5 Å². The van der Waals surface area contributed by atoms with E-state index in [1.54, 1.807) is 12.1 Å². The Labute approximate surface area is 115 Å². The maximum Gasteiger partial charge on any atom is 0.240 e. The average molecular weight is 286 g/mol. The molecule has 0 aliphatic rings. The van der Waals surface area contributed by atoms with Gasteiger partial charge in [0, 0.05) is 6.54 Å². The summed E-state index contributed by atoms with van der Waals surface area (Å²) in [5, 5.41) is 0. The first-order valence-electron chi connectivity index (χ1n) is 6.50. The molecule has 0 heterocycles. The molecule has 0 saturated heterocycles. The van der Waals surface area contributed by atoms with E-state index in [1.165, 1.54) is 0 Å². The number of nitrogens with two attached hydrogens (primary N) is 1. The fraction of sp³-hybridized carbons (Fsp3) is 0.538. The summed E-state index contributed by atoms with van der Waals surface area (Å²) < 4.78 is 26.4. The first-order valence-corrected chi connectivity index (χ1v) is 7.98. The van der Waals surface area contributed by atoms with Crippen LogP contribution in [0.15, 0.2) is 29.2 Å². The van der Waals surface area contributed by atoms with Gasteiger partial charge in [-0.2, -0.15) is 0 Å². The third kappa shape index (κ3) is 5.69. The van der Waals surface area contributed by atoms with E-state index in [0.717, 1.165) is 31.2 Å². The highest BCUT2D eigenvalue weighted by molar-refractivity contribution is 7.89. The molecule has 0 aromatic heterocycles. The molecular weight excluding hydrogens is 264 g/mol. The standard InChI is InChI=1S/C13H22N2O3S/c1-2-3-10-15-19(16,17)13-8-6-12(7-9-13)5-4-11-18-14/h6-9,15H,2-5,10-11,14H2,1H3. The second-order valence-electron chi connectivity index (χ2n) is 4.37. The normalized spacial score (nSPS) is 11.7. The summed E-state index contributed by atoms with van der Waals surface area (Å²) in [6, 6.07) is 6.91. The van der Waals surface area contributed by atoms with Gasteiger partial charge in [0.25, 0.3) is 0 Å². The number of nitrogens with one attached hydrogen (secondary N) is 1. The van der Waals surface area contributed by atoms with Crippen molar-refractivity contribution < 1.29 is 13.3 Å². The number of rotatable bonds is 9. The molecule has 1 rings (SSSR count). The SMILES string of the molecule is CCCCNS(=O)(=O)c1ccc(CCCON)cc1. The number of hydrogen-bond donors (Lipinski definition) is 2. The minimum atomic E-state index is -3.37. The Morgan fingerprint density at radius 2 is 1.89 bits per heavy atom. The highest BCUT2D eigenvalue weighted by Gasteiger charge is 2.12. The van der Waals surface area contributed by atoms with Crippen molar-refractivity contribution in [2.24, 2.45) is 5.90 Å². The molecule has 0 aliphatic carbocycles. The fourth-order valence-electron chi connectivity index (χ4n) is 1.66. The van der Waals surface area contributed by atoms with Gasteiger partial charge in [0.15, 0.2) is 0 Å². The molecule has 6 heteroatoms. The number of unbranched alkanes of at least 4 members (excludes halogenated alkanes) is 1. The van der Waals surface area contributed by atoms with E-state index in [2.05, 4.69) is 9.56 Å². The summed E-state index contributed by atoms with van der Waals surface area (Å²) >= 11 is 0. The van der Waals surface area contributed by atoms with Crippen molar-refractivity contribution in [1.29, 1.82) is 0 Å². The smallest absolute Gasteiger partial charge is 0.240 e. The topological polar surface area (TPSA) is 81.4 Å². The van der Waals surface area contributed by atoms with Crippen molar-refractivity contribution >= 4 is 10.0 Å². The highest BCUT2D eigenvalue weighted by atomic mass is 32.2. The maximum atomic E-state index is 11.9. The van der Waals surface area contributed by atoms with Crippen molar-refractivity contribution in [3.63, 3.8) is 0 Å². The second-order valence-corrected chi connectivity index (χ2v) is 6.14. The molecule has 1 aromatic rings. The molecule has 0 aliphatic heterocycles. The van der Waals surface area contributed by atoms with Crippen LogP contribution in [0.4, 0.5) is 0 Å². The second kappa shape index (κ2) is 8.27. The molecule has 3 N–H and O–H groups in total. The van der Waals surface area contributed by atoms with Crippen LogP contribution in [0.3, 0.4) is 0 Å². The quantitative estimate of drug-likeness (QED) is 0.533. The molecule has 0 amide bonds. The number of hydrogen-bond acceptors (Lipinski definition) is 4. The Bertz CT molecular complexity index is 457. The summed E-state index contributed by atoms with van der Waals surface area (Å²) in [6.07, 6.45) is 3.44. The number of benzene rings is 1. The number of sulfonamides is 1. The van der Waals surface area contributed by atoms with Gasteiger partial charge in [-0.3, -0.25) is 0 Å². The molecule has 1 aromatic carbocycles. The van der Waals surface area contributed by atoms with Gasteiger partial charge in [-0.05, 0) is 37.0 Å². The molecule has 0 bridgehead atoms. The average Bonchev–Trinajstić information content (AvgIpc) is 2.40. The summed E-state index contributed by atoms with van der Waals surface area (Å²) in [7, 11) is -3.37. The van der Waals surface area contributed by atoms with Crippen LogP contribution in [-0.2, 0) is 21.3 Å². The maximum absolute atomic E-state index is 11.9. The molecular formula is C13H22N2O3S. The van der Waals surface area contributed by atoms with Gasteiger partial charge in [-0.25, -0.2) is 19.0 Å². The molecule has 0 saturated carbocycles. The lowest BCUT2D eigenvalue weighted by molar-refractivity contribution is 0.135. The summed E-state index contributed by atoms with van der Waals surface area (Å²) in [6.45, 7) is 3.00. The first kappa shape index (κ1) is 16.1. The summed E-state index contributed by atoms with van der Waals surface area (Å²) in [4.78, 5) is 4.80. The molecule has 0 fully saturated rings. The summed E-state index contributed by atoms with van der Waals surface area (Å²) in [5.41, 5.74) is 1.07. The van der Waals surface area contributed by atoms with Gasteiger partial charge in [0.05, 0.1) is 11.5 Å². The van der Waals surface area contributed by atoms with E-state index >= 15 is 0 Å². The van der Waals surface area contributed by atoms with Crippen molar-refractivity contribution in [3.8, 4) is 0 Å². The van der Waals surface area contributed by atoms with E-state index in [9.17, 15) is 8.42 Å². The van der Waals surface area contributed by atoms with Crippen LogP contribution in [0, 0.1) is 0 Å². The Balaban J connectivity index is 2.59. The van der Waals surface area contributed by atoms with Gasteiger partial charge in [-0.15, -0.1) is 0 Å². The van der Waals surface area contributed by atoms with Crippen molar-refractivity contribution in [2.75, 3.05) is 13.2 Å². The lowest BCUT2D eigenvalue weighted by Gasteiger charge is -2.07. The Morgan fingerprint density at radius 3 is 2.47 bits per heavy atom. The third-order valence-electron chi connectivity index (χ3n) is 2.78. The molecule has 5 nitrogen and oxygen atoms in total. The third-order valence-corrected chi connectivity index (χ3v) is 4.26. The van der Waals surface area contributed by atoms with Crippen molar-refractivity contribution in [3.05, 3.63) is 29.8 Å². The van der Waals surface area contributed by atoms with Crippen molar-refractivity contribution in [1.82, 2.24) is 4.72 Å². The van der Waals surface area contributed by atoms with Gasteiger partial charge >= 0.3 is 0 Å². The van der Waals surface area contributed by atoms with Crippen LogP contribution >= 0.6 is 0 Å². The minimum Gasteiger partial charge on any atom is -0.305 e. The van der Waals surface area contributed by atoms with Gasteiger partial charge in [-0.1, -0.05) is 25.5 Å². The largest absolute Gasteiger partial charge is 0.305 e. The van der Waals surface area contributed by atoms with E-state index in [0.29, 0.717) is 18.0 Å². The van der Waals surface area contributed by atoms with Crippen LogP contribution in [0.25, 0.3) is 0 Å². The van der Waals surface area contributed by atoms with Crippen LogP contribution in [0.2, 0.25) is 0 Å². The van der Waals surface area contributed by atoms with E-state index in [1.807, 2.05) is 19.1 Å². The molecule has 19 heavy (non-hydrogen) atoms. The predicted octanol–water partition coefficient (Wildman–Crippen LogP) is 1.59.